The van der Waals surface area contributed by atoms with Crippen LogP contribution in [0.5, 0.6) is 0 Å². The van der Waals surface area contributed by atoms with Crippen molar-refractivity contribution in [1.29, 1.82) is 0 Å². The maximum Gasteiger partial charge on any atom is 0.150 e. The summed E-state index contributed by atoms with van der Waals surface area (Å²) in [5, 5.41) is 3.80. The van der Waals surface area contributed by atoms with E-state index in [1.807, 2.05) is 0 Å². The molecule has 0 unspecified atom stereocenters. The Kier molecular flexibility index (Phi) is 2.83. The van der Waals surface area contributed by atoms with E-state index in [1.54, 1.807) is 12.1 Å². The Morgan fingerprint density at radius 3 is 2.73 bits per heavy atom. The standard InChI is InChI=1S/C10H8BrFN2O/c11-7-1-6(2-8(12)3-7)10-4-9(5-13)15-14-10/h1-4H,5,13H2. The van der Waals surface area contributed by atoms with Crippen LogP contribution in [0.2, 0.25) is 0 Å². The van der Waals surface area contributed by atoms with E-state index in [4.69, 9.17) is 10.3 Å². The lowest BCUT2D eigenvalue weighted by molar-refractivity contribution is 0.387. The normalized spacial score (nSPS) is 10.6. The van der Waals surface area contributed by atoms with Crippen molar-refractivity contribution >= 4 is 15.9 Å². The first-order valence-corrected chi connectivity index (χ1v) is 5.10. The van der Waals surface area contributed by atoms with Crippen LogP contribution in [0, 0.1) is 5.82 Å². The molecule has 0 atom stereocenters. The van der Waals surface area contributed by atoms with Gasteiger partial charge in [-0.1, -0.05) is 21.1 Å². The highest BCUT2D eigenvalue weighted by Gasteiger charge is 2.07. The zero-order valence-electron chi connectivity index (χ0n) is 7.71. The number of nitrogens with two attached hydrogens (primary N) is 1. The first-order valence-electron chi connectivity index (χ1n) is 4.31. The summed E-state index contributed by atoms with van der Waals surface area (Å²) >= 11 is 3.21. The van der Waals surface area contributed by atoms with Crippen molar-refractivity contribution in [1.82, 2.24) is 5.16 Å². The highest BCUT2D eigenvalue weighted by atomic mass is 79.9. The summed E-state index contributed by atoms with van der Waals surface area (Å²) in [5.41, 5.74) is 6.62. The van der Waals surface area contributed by atoms with Gasteiger partial charge in [-0.25, -0.2) is 4.39 Å². The fraction of sp³-hybridized carbons (Fsp3) is 0.100. The SMILES string of the molecule is NCc1cc(-c2cc(F)cc(Br)c2)no1. The molecule has 15 heavy (non-hydrogen) atoms. The molecule has 0 amide bonds. The van der Waals surface area contributed by atoms with E-state index in [0.717, 1.165) is 0 Å². The summed E-state index contributed by atoms with van der Waals surface area (Å²) in [6, 6.07) is 6.23. The van der Waals surface area contributed by atoms with Crippen LogP contribution in [0.1, 0.15) is 5.76 Å². The Hall–Kier alpha value is -1.20. The maximum atomic E-state index is 13.1. The molecule has 0 radical (unpaired) electrons. The van der Waals surface area contributed by atoms with Crippen LogP contribution in [0.3, 0.4) is 0 Å². The molecule has 1 heterocycles. The van der Waals surface area contributed by atoms with Crippen molar-refractivity contribution in [2.75, 3.05) is 0 Å². The second-order valence-corrected chi connectivity index (χ2v) is 3.96. The highest BCUT2D eigenvalue weighted by molar-refractivity contribution is 9.10. The molecule has 0 aliphatic heterocycles. The van der Waals surface area contributed by atoms with Crippen molar-refractivity contribution in [2.24, 2.45) is 5.73 Å². The Balaban J connectivity index is 2.44. The molecule has 0 aliphatic rings. The molecule has 2 rings (SSSR count). The van der Waals surface area contributed by atoms with Gasteiger partial charge in [0.05, 0.1) is 6.54 Å². The van der Waals surface area contributed by atoms with Gasteiger partial charge in [0.25, 0.3) is 0 Å². The molecule has 2 N–H and O–H groups in total. The van der Waals surface area contributed by atoms with Gasteiger partial charge in [-0.3, -0.25) is 0 Å². The molecule has 1 aromatic carbocycles. The molecule has 78 valence electrons. The van der Waals surface area contributed by atoms with Gasteiger partial charge in [0.1, 0.15) is 11.5 Å². The third-order valence-electron chi connectivity index (χ3n) is 1.92. The number of aromatic nitrogens is 1. The largest absolute Gasteiger partial charge is 0.359 e. The monoisotopic (exact) mass is 270 g/mol. The number of benzene rings is 1. The van der Waals surface area contributed by atoms with Crippen molar-refractivity contribution in [2.45, 2.75) is 6.54 Å². The van der Waals surface area contributed by atoms with Crippen LogP contribution in [0.15, 0.2) is 33.3 Å². The molecule has 3 nitrogen and oxygen atoms in total. The summed E-state index contributed by atoms with van der Waals surface area (Å²) in [6.07, 6.45) is 0. The molecule has 1 aromatic heterocycles. The lowest BCUT2D eigenvalue weighted by Crippen LogP contribution is -1.92. The topological polar surface area (TPSA) is 52.0 Å². The van der Waals surface area contributed by atoms with Gasteiger partial charge in [-0.05, 0) is 18.2 Å². The van der Waals surface area contributed by atoms with Gasteiger partial charge in [-0.2, -0.15) is 0 Å². The number of hydrogen-bond donors (Lipinski definition) is 1. The Labute approximate surface area is 94.2 Å². The lowest BCUT2D eigenvalue weighted by atomic mass is 10.1. The van der Waals surface area contributed by atoms with Gasteiger partial charge in [0, 0.05) is 16.1 Å². The van der Waals surface area contributed by atoms with Gasteiger partial charge in [0.15, 0.2) is 5.76 Å². The fourth-order valence-corrected chi connectivity index (χ4v) is 1.71. The van der Waals surface area contributed by atoms with E-state index in [2.05, 4.69) is 21.1 Å². The van der Waals surface area contributed by atoms with E-state index >= 15 is 0 Å². The minimum atomic E-state index is -0.323. The van der Waals surface area contributed by atoms with Crippen LogP contribution in [-0.4, -0.2) is 5.16 Å². The quantitative estimate of drug-likeness (QED) is 0.913. The maximum absolute atomic E-state index is 13.1. The van der Waals surface area contributed by atoms with E-state index in [1.165, 1.54) is 12.1 Å². The number of hydrogen-bond acceptors (Lipinski definition) is 3. The summed E-state index contributed by atoms with van der Waals surface area (Å²) in [5.74, 6) is 0.252. The molecule has 0 saturated carbocycles. The van der Waals surface area contributed by atoms with Crippen LogP contribution >= 0.6 is 15.9 Å². The molecule has 2 aromatic rings. The summed E-state index contributed by atoms with van der Waals surface area (Å²) in [4.78, 5) is 0. The fourth-order valence-electron chi connectivity index (χ4n) is 1.25. The minimum absolute atomic E-state index is 0.281. The van der Waals surface area contributed by atoms with Crippen molar-refractivity contribution in [3.8, 4) is 11.3 Å². The second-order valence-electron chi connectivity index (χ2n) is 3.04. The highest BCUT2D eigenvalue weighted by Crippen LogP contribution is 2.24. The molecular formula is C10H8BrFN2O. The molecule has 0 saturated heterocycles. The summed E-state index contributed by atoms with van der Waals surface area (Å²) in [6.45, 7) is 0.281. The first kappa shape index (κ1) is 10.3. The zero-order chi connectivity index (χ0) is 10.8. The van der Waals surface area contributed by atoms with Gasteiger partial charge < -0.3 is 10.3 Å². The van der Waals surface area contributed by atoms with Crippen molar-refractivity contribution in [3.63, 3.8) is 0 Å². The Morgan fingerprint density at radius 2 is 2.13 bits per heavy atom. The van der Waals surface area contributed by atoms with Crippen LogP contribution in [0.25, 0.3) is 11.3 Å². The smallest absolute Gasteiger partial charge is 0.150 e. The number of halogens is 2. The van der Waals surface area contributed by atoms with Gasteiger partial charge in [-0.15, -0.1) is 0 Å². The van der Waals surface area contributed by atoms with Gasteiger partial charge >= 0.3 is 0 Å². The predicted molar refractivity (Wildman–Crippen MR) is 57.5 cm³/mol. The average molecular weight is 271 g/mol. The van der Waals surface area contributed by atoms with Crippen LogP contribution < -0.4 is 5.73 Å². The zero-order valence-corrected chi connectivity index (χ0v) is 9.29. The van der Waals surface area contributed by atoms with E-state index in [0.29, 0.717) is 21.5 Å². The molecular weight excluding hydrogens is 263 g/mol. The predicted octanol–water partition coefficient (Wildman–Crippen LogP) is 2.70. The van der Waals surface area contributed by atoms with Crippen LogP contribution in [-0.2, 0) is 6.54 Å². The van der Waals surface area contributed by atoms with Gasteiger partial charge in [0.2, 0.25) is 0 Å². The molecule has 0 fully saturated rings. The van der Waals surface area contributed by atoms with E-state index in [9.17, 15) is 4.39 Å². The lowest BCUT2D eigenvalue weighted by Gasteiger charge is -1.97. The minimum Gasteiger partial charge on any atom is -0.359 e. The molecule has 5 heteroatoms. The molecule has 0 aliphatic carbocycles. The second kappa shape index (κ2) is 4.12. The summed E-state index contributed by atoms with van der Waals surface area (Å²) in [7, 11) is 0. The Bertz CT molecular complexity index is 464. The Morgan fingerprint density at radius 1 is 1.33 bits per heavy atom. The van der Waals surface area contributed by atoms with E-state index in [-0.39, 0.29) is 12.4 Å². The van der Waals surface area contributed by atoms with Crippen molar-refractivity contribution in [3.05, 3.63) is 40.3 Å². The number of nitrogens with zero attached hydrogens (tertiary/aromatic N) is 1. The average Bonchev–Trinajstić information content (AvgIpc) is 2.64. The third-order valence-corrected chi connectivity index (χ3v) is 2.38. The first-order chi connectivity index (χ1) is 7.19. The molecule has 0 spiro atoms. The van der Waals surface area contributed by atoms with Crippen LogP contribution in [0.4, 0.5) is 4.39 Å². The van der Waals surface area contributed by atoms with E-state index < -0.39 is 0 Å². The number of rotatable bonds is 2. The third kappa shape index (κ3) is 2.24. The van der Waals surface area contributed by atoms with Crippen molar-refractivity contribution < 1.29 is 8.91 Å². The molecule has 0 bridgehead atoms. The summed E-state index contributed by atoms with van der Waals surface area (Å²) < 4.78 is 18.7.